The topological polar surface area (TPSA) is 21.3 Å². The molecule has 0 spiro atoms. The van der Waals surface area contributed by atoms with Crippen molar-refractivity contribution in [1.29, 1.82) is 0 Å². The van der Waals surface area contributed by atoms with Crippen molar-refractivity contribution in [2.24, 2.45) is 0 Å². The first-order chi connectivity index (χ1) is 25.3. The summed E-state index contributed by atoms with van der Waals surface area (Å²) in [6.45, 7) is 0. The maximum Gasteiger partial charge on any atom is 0.137 e. The van der Waals surface area contributed by atoms with Gasteiger partial charge in [-0.2, -0.15) is 0 Å². The van der Waals surface area contributed by atoms with Crippen molar-refractivity contribution < 1.29 is 4.42 Å². The number of benzene rings is 6. The van der Waals surface area contributed by atoms with Crippen LogP contribution in [0.5, 0.6) is 0 Å². The highest BCUT2D eigenvalue weighted by Gasteiger charge is 2.24. The first kappa shape index (κ1) is 29.6. The van der Waals surface area contributed by atoms with Crippen LogP contribution >= 0.6 is 0 Å². The first-order valence-corrected chi connectivity index (χ1v) is 17.9. The Labute approximate surface area is 297 Å². The monoisotopic (exact) mass is 656 g/mol. The van der Waals surface area contributed by atoms with E-state index < -0.39 is 0 Å². The van der Waals surface area contributed by atoms with E-state index in [0.717, 1.165) is 53.1 Å². The number of anilines is 3. The summed E-state index contributed by atoms with van der Waals surface area (Å²) >= 11 is 0. The van der Waals surface area contributed by atoms with Gasteiger partial charge in [0.1, 0.15) is 11.3 Å². The molecule has 6 aromatic carbocycles. The van der Waals surface area contributed by atoms with E-state index in [9.17, 15) is 0 Å². The lowest BCUT2D eigenvalue weighted by Crippen LogP contribution is -2.11. The molecule has 3 heteroatoms. The molecule has 0 amide bonds. The van der Waals surface area contributed by atoms with Crippen LogP contribution in [0.4, 0.5) is 17.1 Å². The normalized spacial score (nSPS) is 15.2. The van der Waals surface area contributed by atoms with Crippen molar-refractivity contribution in [3.8, 4) is 22.3 Å². The van der Waals surface area contributed by atoms with E-state index in [-0.39, 0.29) is 6.04 Å². The Balaban J connectivity index is 1.20. The summed E-state index contributed by atoms with van der Waals surface area (Å²) in [5, 5.41) is 3.66. The summed E-state index contributed by atoms with van der Waals surface area (Å²) in [4.78, 5) is 2.42. The van der Waals surface area contributed by atoms with Crippen LogP contribution in [0, 0.1) is 0 Å². The Morgan fingerprint density at radius 3 is 2.12 bits per heavy atom. The van der Waals surface area contributed by atoms with Crippen molar-refractivity contribution in [3.63, 3.8) is 0 Å². The number of fused-ring (bicyclic) bond motifs is 6. The smallest absolute Gasteiger partial charge is 0.137 e. The quantitative estimate of drug-likeness (QED) is 0.178. The highest BCUT2D eigenvalue weighted by atomic mass is 16.3. The van der Waals surface area contributed by atoms with Crippen LogP contribution in [-0.2, 0) is 6.42 Å². The van der Waals surface area contributed by atoms with Crippen LogP contribution in [0.25, 0.3) is 61.1 Å². The van der Waals surface area contributed by atoms with Gasteiger partial charge in [0.15, 0.2) is 0 Å². The van der Waals surface area contributed by atoms with Crippen molar-refractivity contribution in [3.05, 3.63) is 181 Å². The fraction of sp³-hybridized carbons (Fsp3) is 0.0833. The predicted molar refractivity (Wildman–Crippen MR) is 214 cm³/mol. The first-order valence-electron chi connectivity index (χ1n) is 17.9. The van der Waals surface area contributed by atoms with E-state index in [1.807, 2.05) is 0 Å². The van der Waals surface area contributed by atoms with Gasteiger partial charge >= 0.3 is 0 Å². The van der Waals surface area contributed by atoms with Crippen molar-refractivity contribution in [2.75, 3.05) is 4.90 Å². The lowest BCUT2D eigenvalue weighted by atomic mass is 10.00. The van der Waals surface area contributed by atoms with Crippen LogP contribution < -0.4 is 4.90 Å². The zero-order valence-corrected chi connectivity index (χ0v) is 28.2. The Hall–Kier alpha value is -6.32. The molecule has 0 bridgehead atoms. The van der Waals surface area contributed by atoms with E-state index in [4.69, 9.17) is 4.42 Å². The van der Waals surface area contributed by atoms with Gasteiger partial charge in [-0.05, 0) is 83.6 Å². The Bertz CT molecular complexity index is 2650. The Morgan fingerprint density at radius 2 is 1.33 bits per heavy atom. The van der Waals surface area contributed by atoms with Crippen LogP contribution in [0.1, 0.15) is 30.2 Å². The third-order valence-electron chi connectivity index (χ3n) is 10.5. The van der Waals surface area contributed by atoms with Gasteiger partial charge in [0.25, 0.3) is 0 Å². The maximum atomic E-state index is 6.48. The summed E-state index contributed by atoms with van der Waals surface area (Å²) in [5.41, 5.74) is 12.8. The van der Waals surface area contributed by atoms with Gasteiger partial charge in [0.2, 0.25) is 0 Å². The molecule has 8 aromatic rings. The molecule has 2 aliphatic rings. The van der Waals surface area contributed by atoms with Crippen LogP contribution in [-0.4, -0.2) is 4.57 Å². The summed E-state index contributed by atoms with van der Waals surface area (Å²) in [7, 11) is 0. The molecule has 0 saturated heterocycles. The second-order valence-corrected chi connectivity index (χ2v) is 13.6. The lowest BCUT2D eigenvalue weighted by molar-refractivity contribution is 0.546. The van der Waals surface area contributed by atoms with Gasteiger partial charge in [0, 0.05) is 39.6 Å². The lowest BCUT2D eigenvalue weighted by Gasteiger charge is -2.27. The van der Waals surface area contributed by atoms with Crippen LogP contribution in [0.3, 0.4) is 0 Å². The number of rotatable bonds is 6. The molecule has 1 atom stereocenters. The average Bonchev–Trinajstić information content (AvgIpc) is 3.75. The summed E-state index contributed by atoms with van der Waals surface area (Å²) < 4.78 is 9.02. The number of allylic oxidation sites excluding steroid dienone is 5. The SMILES string of the molecule is C1=CCC(n2c3ccc(N(c4ccc(-c5ccccc5)cc4)c4cccc5oc6c(c45)C=CCC6)cc3c3ccc(-c4ccccc4)cc32)C=C1. The minimum absolute atomic E-state index is 0.242. The van der Waals surface area contributed by atoms with Gasteiger partial charge in [0.05, 0.1) is 22.6 Å². The molecule has 2 heterocycles. The molecule has 244 valence electrons. The van der Waals surface area contributed by atoms with Gasteiger partial charge in [-0.3, -0.25) is 0 Å². The Kier molecular flexibility index (Phi) is 7.09. The minimum Gasteiger partial charge on any atom is -0.460 e. The molecule has 3 nitrogen and oxygen atoms in total. The number of aromatic nitrogens is 1. The fourth-order valence-electron chi connectivity index (χ4n) is 8.13. The standard InChI is InChI=1S/C48H36N2O/c1-4-13-33(14-5-1)35-23-26-38(27-24-35)49(44-20-12-22-47-48(44)41-19-10-11-21-46(41)51-47)39-28-30-43-42(32-39)40-29-25-36(34-15-6-2-7-16-34)31-45(40)50(43)37-17-8-3-9-18-37/h1-10,12-17,19-20,22-32,37H,11,18,21H2. The summed E-state index contributed by atoms with van der Waals surface area (Å²) in [6, 6.07) is 51.0. The highest BCUT2D eigenvalue weighted by molar-refractivity contribution is 6.11. The molecule has 0 N–H and O–H groups in total. The predicted octanol–water partition coefficient (Wildman–Crippen LogP) is 13.4. The van der Waals surface area contributed by atoms with Crippen molar-refractivity contribution in [2.45, 2.75) is 25.3 Å². The van der Waals surface area contributed by atoms with Crippen LogP contribution in [0.2, 0.25) is 0 Å². The van der Waals surface area contributed by atoms with E-state index in [1.165, 1.54) is 49.6 Å². The number of hydrogen-bond acceptors (Lipinski definition) is 2. The minimum atomic E-state index is 0.242. The number of hydrogen-bond donors (Lipinski definition) is 0. The summed E-state index contributed by atoms with van der Waals surface area (Å²) in [5.74, 6) is 1.07. The van der Waals surface area contributed by atoms with E-state index >= 15 is 0 Å². The third-order valence-corrected chi connectivity index (χ3v) is 10.5. The van der Waals surface area contributed by atoms with Crippen molar-refractivity contribution >= 4 is 55.9 Å². The Morgan fingerprint density at radius 1 is 0.588 bits per heavy atom. The molecule has 0 fully saturated rings. The van der Waals surface area contributed by atoms with E-state index in [1.54, 1.807) is 0 Å². The van der Waals surface area contributed by atoms with Gasteiger partial charge in [-0.15, -0.1) is 0 Å². The molecule has 0 radical (unpaired) electrons. The number of nitrogens with zero attached hydrogens (tertiary/aromatic N) is 2. The molecule has 1 unspecified atom stereocenters. The van der Waals surface area contributed by atoms with Crippen LogP contribution in [0.15, 0.2) is 174 Å². The molecule has 0 aliphatic heterocycles. The zero-order chi connectivity index (χ0) is 33.7. The molecule has 2 aromatic heterocycles. The largest absolute Gasteiger partial charge is 0.460 e. The number of furan rings is 1. The third kappa shape index (κ3) is 5.04. The molecule has 2 aliphatic carbocycles. The maximum absolute atomic E-state index is 6.48. The zero-order valence-electron chi connectivity index (χ0n) is 28.2. The molecular weight excluding hydrogens is 621 g/mol. The molecule has 0 saturated carbocycles. The molecule has 10 rings (SSSR count). The summed E-state index contributed by atoms with van der Waals surface area (Å²) in [6.07, 6.45) is 16.4. The van der Waals surface area contributed by atoms with Gasteiger partial charge in [-0.1, -0.05) is 127 Å². The van der Waals surface area contributed by atoms with Gasteiger partial charge < -0.3 is 13.9 Å². The highest BCUT2D eigenvalue weighted by Crippen LogP contribution is 2.46. The van der Waals surface area contributed by atoms with E-state index in [2.05, 4.69) is 185 Å². The second-order valence-electron chi connectivity index (χ2n) is 13.6. The molecular formula is C48H36N2O. The van der Waals surface area contributed by atoms with Crippen molar-refractivity contribution in [1.82, 2.24) is 4.57 Å². The average molecular weight is 657 g/mol. The fourth-order valence-corrected chi connectivity index (χ4v) is 8.13. The number of aryl methyl sites for hydroxylation is 1. The van der Waals surface area contributed by atoms with Gasteiger partial charge in [-0.25, -0.2) is 0 Å². The second kappa shape index (κ2) is 12.2. The molecule has 51 heavy (non-hydrogen) atoms. The van der Waals surface area contributed by atoms with E-state index in [0.29, 0.717) is 0 Å².